The number of hydrogen-bond acceptors (Lipinski definition) is 2. The van der Waals surface area contributed by atoms with Crippen LogP contribution >= 0.6 is 0 Å². The summed E-state index contributed by atoms with van der Waals surface area (Å²) < 4.78 is 5.05. The molecule has 2 nitrogen and oxygen atoms in total. The van der Waals surface area contributed by atoms with Gasteiger partial charge in [0.15, 0.2) is 0 Å². The predicted octanol–water partition coefficient (Wildman–Crippen LogP) is 2.33. The molecule has 0 amide bonds. The Morgan fingerprint density at radius 1 is 1.13 bits per heavy atom. The van der Waals surface area contributed by atoms with Gasteiger partial charge in [-0.2, -0.15) is 0 Å². The zero-order valence-corrected chi connectivity index (χ0v) is 9.99. The van der Waals surface area contributed by atoms with E-state index in [1.165, 1.54) is 11.1 Å². The highest BCUT2D eigenvalue weighted by molar-refractivity contribution is 5.22. The molecular formula is C13H21NO. The molecule has 0 saturated carbocycles. The molecule has 0 aromatic heterocycles. The highest BCUT2D eigenvalue weighted by Crippen LogP contribution is 2.06. The largest absolute Gasteiger partial charge is 0.369 e. The van der Waals surface area contributed by atoms with E-state index in [2.05, 4.69) is 43.1 Å². The molecule has 15 heavy (non-hydrogen) atoms. The smallest absolute Gasteiger partial charge is 0.0984 e. The lowest BCUT2D eigenvalue weighted by atomic mass is 10.1. The Balaban J connectivity index is 2.37. The Morgan fingerprint density at radius 3 is 2.27 bits per heavy atom. The minimum absolute atomic E-state index is 0.701. The molecule has 84 valence electrons. The molecule has 0 atom stereocenters. The molecule has 1 rings (SSSR count). The summed E-state index contributed by atoms with van der Waals surface area (Å²) in [6.07, 6.45) is 2.20. The molecule has 2 heteroatoms. The van der Waals surface area contributed by atoms with Gasteiger partial charge in [-0.1, -0.05) is 31.2 Å². The van der Waals surface area contributed by atoms with Crippen LogP contribution in [0.3, 0.4) is 0 Å². The molecule has 0 heterocycles. The molecule has 0 N–H and O–H groups in total. The van der Waals surface area contributed by atoms with Gasteiger partial charge in [0.2, 0.25) is 0 Å². The molecule has 1 aromatic rings. The van der Waals surface area contributed by atoms with Gasteiger partial charge in [0.05, 0.1) is 6.73 Å². The summed E-state index contributed by atoms with van der Waals surface area (Å²) in [5, 5.41) is 0. The van der Waals surface area contributed by atoms with Crippen molar-refractivity contribution in [1.29, 1.82) is 0 Å². The van der Waals surface area contributed by atoms with Crippen LogP contribution in [0.1, 0.15) is 18.1 Å². The lowest BCUT2D eigenvalue weighted by Crippen LogP contribution is -2.23. The van der Waals surface area contributed by atoms with E-state index in [4.69, 9.17) is 4.74 Å². The summed E-state index contributed by atoms with van der Waals surface area (Å²) in [4.78, 5) is 2.17. The second-order valence-electron chi connectivity index (χ2n) is 3.92. The number of benzene rings is 1. The van der Waals surface area contributed by atoms with Crippen molar-refractivity contribution in [2.75, 3.05) is 27.4 Å². The van der Waals surface area contributed by atoms with Gasteiger partial charge in [0, 0.05) is 13.7 Å². The summed E-state index contributed by atoms with van der Waals surface area (Å²) in [6.45, 7) is 3.92. The van der Waals surface area contributed by atoms with Crippen LogP contribution in [0.2, 0.25) is 0 Å². The second-order valence-corrected chi connectivity index (χ2v) is 3.92. The summed E-state index contributed by atoms with van der Waals surface area (Å²) in [7, 11) is 3.80. The molecule has 0 fully saturated rings. The van der Waals surface area contributed by atoms with Gasteiger partial charge in [0.25, 0.3) is 0 Å². The molecule has 0 aliphatic rings. The molecule has 0 aliphatic carbocycles. The summed E-state index contributed by atoms with van der Waals surface area (Å²) in [5.74, 6) is 0. The molecule has 0 saturated heterocycles. The van der Waals surface area contributed by atoms with Crippen molar-refractivity contribution in [2.45, 2.75) is 19.8 Å². The van der Waals surface area contributed by atoms with Crippen molar-refractivity contribution in [1.82, 2.24) is 4.90 Å². The first kappa shape index (κ1) is 12.2. The van der Waals surface area contributed by atoms with Crippen LogP contribution in [0, 0.1) is 0 Å². The summed E-state index contributed by atoms with van der Waals surface area (Å²) in [6, 6.07) is 8.87. The van der Waals surface area contributed by atoms with Crippen LogP contribution in [-0.4, -0.2) is 32.3 Å². The molecule has 0 unspecified atom stereocenters. The van der Waals surface area contributed by atoms with Crippen LogP contribution in [0.5, 0.6) is 0 Å². The van der Waals surface area contributed by atoms with E-state index < -0.39 is 0 Å². The van der Waals surface area contributed by atoms with Crippen LogP contribution in [0.25, 0.3) is 0 Å². The van der Waals surface area contributed by atoms with Crippen molar-refractivity contribution in [2.24, 2.45) is 0 Å². The molecule has 0 bridgehead atoms. The van der Waals surface area contributed by atoms with E-state index in [0.29, 0.717) is 6.73 Å². The maximum absolute atomic E-state index is 5.05. The van der Waals surface area contributed by atoms with E-state index in [-0.39, 0.29) is 0 Å². The predicted molar refractivity (Wildman–Crippen MR) is 64.0 cm³/mol. The van der Waals surface area contributed by atoms with Crippen molar-refractivity contribution in [3.05, 3.63) is 35.4 Å². The number of nitrogens with zero attached hydrogens (tertiary/aromatic N) is 1. The van der Waals surface area contributed by atoms with Crippen LogP contribution in [0.15, 0.2) is 24.3 Å². The number of rotatable bonds is 6. The SMILES string of the molecule is CCc1ccc(CCN(C)COC)cc1. The first-order valence-corrected chi connectivity index (χ1v) is 5.51. The maximum Gasteiger partial charge on any atom is 0.0984 e. The van der Waals surface area contributed by atoms with Crippen LogP contribution in [0.4, 0.5) is 0 Å². The van der Waals surface area contributed by atoms with Crippen molar-refractivity contribution >= 4 is 0 Å². The van der Waals surface area contributed by atoms with Crippen molar-refractivity contribution in [3.8, 4) is 0 Å². The van der Waals surface area contributed by atoms with Crippen LogP contribution in [-0.2, 0) is 17.6 Å². The normalized spacial score (nSPS) is 10.9. The number of ether oxygens (including phenoxy) is 1. The quantitative estimate of drug-likeness (QED) is 0.664. The molecule has 1 aromatic carbocycles. The number of methoxy groups -OCH3 is 1. The Hall–Kier alpha value is -0.860. The van der Waals surface area contributed by atoms with Crippen LogP contribution < -0.4 is 0 Å². The number of aryl methyl sites for hydroxylation is 1. The van der Waals surface area contributed by atoms with Gasteiger partial charge < -0.3 is 4.74 Å². The standard InChI is InChI=1S/C13H21NO/c1-4-12-5-7-13(8-6-12)9-10-14(2)11-15-3/h5-8H,4,9-11H2,1-3H3. The van der Waals surface area contributed by atoms with Gasteiger partial charge >= 0.3 is 0 Å². The van der Waals surface area contributed by atoms with Gasteiger partial charge in [-0.25, -0.2) is 0 Å². The Labute approximate surface area is 92.9 Å². The van der Waals surface area contributed by atoms with Crippen molar-refractivity contribution < 1.29 is 4.74 Å². The average molecular weight is 207 g/mol. The van der Waals surface area contributed by atoms with Gasteiger partial charge in [-0.3, -0.25) is 4.90 Å². The summed E-state index contributed by atoms with van der Waals surface area (Å²) in [5.41, 5.74) is 2.80. The zero-order chi connectivity index (χ0) is 11.1. The van der Waals surface area contributed by atoms with Gasteiger partial charge in [-0.15, -0.1) is 0 Å². The molecule has 0 aliphatic heterocycles. The highest BCUT2D eigenvalue weighted by atomic mass is 16.5. The van der Waals surface area contributed by atoms with E-state index in [1.807, 2.05) is 0 Å². The molecule has 0 spiro atoms. The van der Waals surface area contributed by atoms with E-state index in [1.54, 1.807) is 7.11 Å². The lowest BCUT2D eigenvalue weighted by molar-refractivity contribution is 0.0827. The number of hydrogen-bond donors (Lipinski definition) is 0. The topological polar surface area (TPSA) is 12.5 Å². The number of likely N-dealkylation sites (N-methyl/N-ethyl adjacent to an activating group) is 1. The molecule has 0 radical (unpaired) electrons. The average Bonchev–Trinajstić information content (AvgIpc) is 2.27. The minimum Gasteiger partial charge on any atom is -0.369 e. The Bertz CT molecular complexity index is 268. The first-order valence-electron chi connectivity index (χ1n) is 5.51. The molecular weight excluding hydrogens is 186 g/mol. The third-order valence-electron chi connectivity index (χ3n) is 2.56. The van der Waals surface area contributed by atoms with E-state index >= 15 is 0 Å². The Kier molecular flexibility index (Phi) is 5.37. The van der Waals surface area contributed by atoms with Gasteiger partial charge in [-0.05, 0) is 31.0 Å². The minimum atomic E-state index is 0.701. The third kappa shape index (κ3) is 4.45. The monoisotopic (exact) mass is 207 g/mol. The first-order chi connectivity index (χ1) is 7.26. The third-order valence-corrected chi connectivity index (χ3v) is 2.56. The zero-order valence-electron chi connectivity index (χ0n) is 9.99. The fourth-order valence-electron chi connectivity index (χ4n) is 1.55. The summed E-state index contributed by atoms with van der Waals surface area (Å²) >= 11 is 0. The fourth-order valence-corrected chi connectivity index (χ4v) is 1.55. The highest BCUT2D eigenvalue weighted by Gasteiger charge is 1.98. The lowest BCUT2D eigenvalue weighted by Gasteiger charge is -2.14. The van der Waals surface area contributed by atoms with Crippen molar-refractivity contribution in [3.63, 3.8) is 0 Å². The van der Waals surface area contributed by atoms with Gasteiger partial charge in [0.1, 0.15) is 0 Å². The fraction of sp³-hybridized carbons (Fsp3) is 0.538. The maximum atomic E-state index is 5.05. The van der Waals surface area contributed by atoms with E-state index in [0.717, 1.165) is 19.4 Å². The van der Waals surface area contributed by atoms with E-state index in [9.17, 15) is 0 Å². The Morgan fingerprint density at radius 2 is 1.73 bits per heavy atom. The second kappa shape index (κ2) is 6.59.